The Kier molecular flexibility index (Phi) is 4.59. The molecule has 0 bridgehead atoms. The molecular formula is C11H14FN3O2. The Hall–Kier alpha value is -1.95. The number of primary amides is 1. The smallest absolute Gasteiger partial charge is 0.238 e. The molecule has 5 nitrogen and oxygen atoms in total. The zero-order chi connectivity index (χ0) is 12.8. The van der Waals surface area contributed by atoms with E-state index < -0.39 is 23.7 Å². The van der Waals surface area contributed by atoms with Gasteiger partial charge < -0.3 is 11.1 Å². The fourth-order valence-electron chi connectivity index (χ4n) is 1.10. The molecule has 1 aromatic rings. The van der Waals surface area contributed by atoms with Crippen LogP contribution in [-0.4, -0.2) is 24.4 Å². The maximum absolute atomic E-state index is 13.2. The minimum atomic E-state index is -0.610. The number of carbonyl (C=O) groups excluding carboxylic acids is 2. The van der Waals surface area contributed by atoms with Crippen LogP contribution in [0.1, 0.15) is 6.92 Å². The Labute approximate surface area is 98.2 Å². The minimum Gasteiger partial charge on any atom is -0.368 e. The monoisotopic (exact) mass is 239 g/mol. The van der Waals surface area contributed by atoms with Crippen LogP contribution in [-0.2, 0) is 9.59 Å². The fourth-order valence-corrected chi connectivity index (χ4v) is 1.10. The lowest BCUT2D eigenvalue weighted by Crippen LogP contribution is -2.42. The van der Waals surface area contributed by atoms with Crippen molar-refractivity contribution in [1.82, 2.24) is 5.32 Å². The molecule has 0 aromatic heterocycles. The van der Waals surface area contributed by atoms with Crippen LogP contribution in [0.2, 0.25) is 0 Å². The molecule has 0 saturated heterocycles. The molecule has 2 amide bonds. The molecule has 0 saturated carbocycles. The van der Waals surface area contributed by atoms with Gasteiger partial charge >= 0.3 is 0 Å². The summed E-state index contributed by atoms with van der Waals surface area (Å²) in [6, 6.07) is 5.22. The van der Waals surface area contributed by atoms with Gasteiger partial charge in [0.15, 0.2) is 0 Å². The molecule has 0 aliphatic heterocycles. The van der Waals surface area contributed by atoms with Gasteiger partial charge in [0.2, 0.25) is 11.8 Å². The summed E-state index contributed by atoms with van der Waals surface area (Å²) >= 11 is 0. The Bertz CT molecular complexity index is 423. The zero-order valence-corrected chi connectivity index (χ0v) is 9.37. The molecule has 1 rings (SSSR count). The van der Waals surface area contributed by atoms with Gasteiger partial charge in [-0.15, -0.1) is 0 Å². The van der Waals surface area contributed by atoms with Gasteiger partial charge in [-0.3, -0.25) is 14.9 Å². The molecule has 0 aliphatic rings. The number of halogens is 1. The van der Waals surface area contributed by atoms with E-state index in [-0.39, 0.29) is 12.2 Å². The summed E-state index contributed by atoms with van der Waals surface area (Å²) < 4.78 is 13.2. The standard InChI is InChI=1S/C11H14FN3O2/c1-7(11(13)17)14-6-10(16)15-9-5-3-2-4-8(9)12/h2-5,7,14H,6H2,1H3,(H2,13,17)(H,15,16). The van der Waals surface area contributed by atoms with E-state index in [2.05, 4.69) is 10.6 Å². The Morgan fingerprint density at radius 3 is 2.65 bits per heavy atom. The van der Waals surface area contributed by atoms with Crippen LogP contribution < -0.4 is 16.4 Å². The van der Waals surface area contributed by atoms with Crippen molar-refractivity contribution < 1.29 is 14.0 Å². The van der Waals surface area contributed by atoms with Gasteiger partial charge in [-0.05, 0) is 19.1 Å². The number of amides is 2. The molecule has 0 spiro atoms. The van der Waals surface area contributed by atoms with E-state index in [4.69, 9.17) is 5.73 Å². The van der Waals surface area contributed by atoms with E-state index in [9.17, 15) is 14.0 Å². The number of benzene rings is 1. The van der Waals surface area contributed by atoms with Crippen LogP contribution >= 0.6 is 0 Å². The molecule has 0 aliphatic carbocycles. The second-order valence-electron chi connectivity index (χ2n) is 3.53. The quantitative estimate of drug-likeness (QED) is 0.687. The molecule has 6 heteroatoms. The molecule has 4 N–H and O–H groups in total. The third kappa shape index (κ3) is 4.20. The maximum atomic E-state index is 13.2. The summed E-state index contributed by atoms with van der Waals surface area (Å²) in [4.78, 5) is 22.1. The molecule has 92 valence electrons. The van der Waals surface area contributed by atoms with E-state index in [1.807, 2.05) is 0 Å². The highest BCUT2D eigenvalue weighted by Crippen LogP contribution is 2.11. The fraction of sp³-hybridized carbons (Fsp3) is 0.273. The SMILES string of the molecule is CC(NCC(=O)Nc1ccccc1F)C(N)=O. The van der Waals surface area contributed by atoms with Crippen molar-refractivity contribution in [2.75, 3.05) is 11.9 Å². The lowest BCUT2D eigenvalue weighted by atomic mass is 10.3. The summed E-state index contributed by atoms with van der Waals surface area (Å²) in [5.74, 6) is -1.50. The molecule has 0 fully saturated rings. The van der Waals surface area contributed by atoms with Gasteiger partial charge in [0, 0.05) is 0 Å². The molecule has 1 atom stereocenters. The first kappa shape index (κ1) is 13.1. The van der Waals surface area contributed by atoms with Gasteiger partial charge in [0.05, 0.1) is 18.3 Å². The van der Waals surface area contributed by atoms with Crippen LogP contribution in [0.3, 0.4) is 0 Å². The lowest BCUT2D eigenvalue weighted by Gasteiger charge is -2.10. The number of hydrogen-bond acceptors (Lipinski definition) is 3. The molecule has 17 heavy (non-hydrogen) atoms. The number of hydrogen-bond donors (Lipinski definition) is 3. The van der Waals surface area contributed by atoms with Crippen LogP contribution in [0, 0.1) is 5.82 Å². The second-order valence-corrected chi connectivity index (χ2v) is 3.53. The number of para-hydroxylation sites is 1. The zero-order valence-electron chi connectivity index (χ0n) is 9.37. The van der Waals surface area contributed by atoms with Gasteiger partial charge in [-0.25, -0.2) is 4.39 Å². The largest absolute Gasteiger partial charge is 0.368 e. The summed E-state index contributed by atoms with van der Waals surface area (Å²) in [5.41, 5.74) is 5.11. The number of nitrogens with two attached hydrogens (primary N) is 1. The first-order valence-electron chi connectivity index (χ1n) is 5.08. The Morgan fingerprint density at radius 2 is 2.06 bits per heavy atom. The van der Waals surface area contributed by atoms with Gasteiger partial charge in [0.1, 0.15) is 5.82 Å². The molecule has 1 aromatic carbocycles. The molecular weight excluding hydrogens is 225 g/mol. The van der Waals surface area contributed by atoms with Crippen LogP contribution in [0.15, 0.2) is 24.3 Å². The van der Waals surface area contributed by atoms with Crippen molar-refractivity contribution in [1.29, 1.82) is 0 Å². The number of anilines is 1. The van der Waals surface area contributed by atoms with Crippen LogP contribution in [0.25, 0.3) is 0 Å². The summed E-state index contributed by atoms with van der Waals surface area (Å²) in [6.07, 6.45) is 0. The molecule has 1 unspecified atom stereocenters. The minimum absolute atomic E-state index is 0.103. The van der Waals surface area contributed by atoms with Crippen molar-refractivity contribution in [2.45, 2.75) is 13.0 Å². The van der Waals surface area contributed by atoms with E-state index >= 15 is 0 Å². The third-order valence-corrected chi connectivity index (χ3v) is 2.14. The highest BCUT2D eigenvalue weighted by Gasteiger charge is 2.11. The lowest BCUT2D eigenvalue weighted by molar-refractivity contribution is -0.120. The van der Waals surface area contributed by atoms with E-state index in [1.165, 1.54) is 18.2 Å². The van der Waals surface area contributed by atoms with Crippen LogP contribution in [0.4, 0.5) is 10.1 Å². The van der Waals surface area contributed by atoms with Crippen molar-refractivity contribution in [3.05, 3.63) is 30.1 Å². The van der Waals surface area contributed by atoms with Crippen molar-refractivity contribution in [2.24, 2.45) is 5.73 Å². The molecule has 0 radical (unpaired) electrons. The summed E-state index contributed by atoms with van der Waals surface area (Å²) in [6.45, 7) is 1.43. The van der Waals surface area contributed by atoms with Gasteiger partial charge in [-0.2, -0.15) is 0 Å². The topological polar surface area (TPSA) is 84.2 Å². The Balaban J connectivity index is 2.46. The van der Waals surface area contributed by atoms with Crippen LogP contribution in [0.5, 0.6) is 0 Å². The maximum Gasteiger partial charge on any atom is 0.238 e. The van der Waals surface area contributed by atoms with Crippen molar-refractivity contribution in [3.63, 3.8) is 0 Å². The van der Waals surface area contributed by atoms with Crippen molar-refractivity contribution >= 4 is 17.5 Å². The number of nitrogens with one attached hydrogen (secondary N) is 2. The van der Waals surface area contributed by atoms with E-state index in [0.717, 1.165) is 0 Å². The van der Waals surface area contributed by atoms with E-state index in [1.54, 1.807) is 13.0 Å². The number of carbonyl (C=O) groups is 2. The first-order valence-corrected chi connectivity index (χ1v) is 5.08. The highest BCUT2D eigenvalue weighted by atomic mass is 19.1. The molecule has 0 heterocycles. The van der Waals surface area contributed by atoms with Gasteiger partial charge in [-0.1, -0.05) is 12.1 Å². The highest BCUT2D eigenvalue weighted by molar-refractivity contribution is 5.92. The predicted octanol–water partition coefficient (Wildman–Crippen LogP) is 0.228. The summed E-state index contributed by atoms with van der Waals surface area (Å²) in [5, 5.41) is 4.99. The second kappa shape index (κ2) is 5.95. The summed E-state index contributed by atoms with van der Waals surface area (Å²) in [7, 11) is 0. The van der Waals surface area contributed by atoms with Crippen molar-refractivity contribution in [3.8, 4) is 0 Å². The average molecular weight is 239 g/mol. The number of rotatable bonds is 5. The average Bonchev–Trinajstić information content (AvgIpc) is 2.29. The first-order chi connectivity index (χ1) is 8.00. The normalized spacial score (nSPS) is 11.9. The predicted molar refractivity (Wildman–Crippen MR) is 61.7 cm³/mol. The third-order valence-electron chi connectivity index (χ3n) is 2.14. The Morgan fingerprint density at radius 1 is 1.41 bits per heavy atom. The van der Waals surface area contributed by atoms with E-state index in [0.29, 0.717) is 0 Å². The van der Waals surface area contributed by atoms with Gasteiger partial charge in [0.25, 0.3) is 0 Å².